The second-order valence-electron chi connectivity index (χ2n) is 5.61. The summed E-state index contributed by atoms with van der Waals surface area (Å²) in [5.41, 5.74) is 0.862. The highest BCUT2D eigenvalue weighted by atomic mass is 79.9. The number of halogens is 2. The minimum atomic E-state index is -0.117. The second kappa shape index (κ2) is 5.68. The SMILES string of the molecule is CC1(C)CN(Cc2cc(Br)ccc2F)CCCN1. The van der Waals surface area contributed by atoms with Crippen LogP contribution in [0.2, 0.25) is 0 Å². The Morgan fingerprint density at radius 3 is 3.00 bits per heavy atom. The minimum absolute atomic E-state index is 0.0962. The van der Waals surface area contributed by atoms with E-state index in [0.717, 1.165) is 36.1 Å². The fourth-order valence-corrected chi connectivity index (χ4v) is 2.87. The molecule has 0 amide bonds. The van der Waals surface area contributed by atoms with Crippen LogP contribution in [-0.4, -0.2) is 30.1 Å². The summed E-state index contributed by atoms with van der Waals surface area (Å²) in [4.78, 5) is 2.32. The van der Waals surface area contributed by atoms with E-state index < -0.39 is 0 Å². The van der Waals surface area contributed by atoms with Gasteiger partial charge in [0.2, 0.25) is 0 Å². The van der Waals surface area contributed by atoms with Crippen molar-refractivity contribution in [1.29, 1.82) is 0 Å². The Balaban J connectivity index is 2.10. The zero-order valence-electron chi connectivity index (χ0n) is 11.0. The van der Waals surface area contributed by atoms with Crippen molar-refractivity contribution in [3.63, 3.8) is 0 Å². The molecule has 1 saturated heterocycles. The molecular formula is C14H20BrFN2. The number of rotatable bonds is 2. The summed E-state index contributed by atoms with van der Waals surface area (Å²) in [6.07, 6.45) is 1.11. The Morgan fingerprint density at radius 1 is 1.44 bits per heavy atom. The summed E-state index contributed by atoms with van der Waals surface area (Å²) in [5.74, 6) is -0.117. The fraction of sp³-hybridized carbons (Fsp3) is 0.571. The van der Waals surface area contributed by atoms with Crippen LogP contribution < -0.4 is 5.32 Å². The molecule has 2 rings (SSSR count). The summed E-state index contributed by atoms with van der Waals surface area (Å²) in [6.45, 7) is 8.06. The van der Waals surface area contributed by atoms with Gasteiger partial charge in [0.1, 0.15) is 5.82 Å². The largest absolute Gasteiger partial charge is 0.310 e. The van der Waals surface area contributed by atoms with Crippen LogP contribution in [-0.2, 0) is 6.54 Å². The molecule has 0 aromatic heterocycles. The number of benzene rings is 1. The zero-order chi connectivity index (χ0) is 13.2. The molecule has 1 aliphatic rings. The van der Waals surface area contributed by atoms with Gasteiger partial charge in [-0.05, 0) is 51.6 Å². The topological polar surface area (TPSA) is 15.3 Å². The molecule has 1 aromatic carbocycles. The van der Waals surface area contributed by atoms with Gasteiger partial charge in [-0.3, -0.25) is 4.90 Å². The Kier molecular flexibility index (Phi) is 4.41. The molecule has 100 valence electrons. The van der Waals surface area contributed by atoms with Crippen molar-refractivity contribution in [3.05, 3.63) is 34.1 Å². The number of nitrogens with zero attached hydrogens (tertiary/aromatic N) is 1. The quantitative estimate of drug-likeness (QED) is 0.902. The smallest absolute Gasteiger partial charge is 0.127 e. The first kappa shape index (κ1) is 14.0. The van der Waals surface area contributed by atoms with Gasteiger partial charge in [0.05, 0.1) is 0 Å². The van der Waals surface area contributed by atoms with Crippen molar-refractivity contribution in [1.82, 2.24) is 10.2 Å². The standard InChI is InChI=1S/C14H20BrFN2/c1-14(2)10-18(7-3-6-17-14)9-11-8-12(15)4-5-13(11)16/h4-5,8,17H,3,6-7,9-10H2,1-2H3. The molecule has 1 aliphatic heterocycles. The van der Waals surface area contributed by atoms with E-state index in [2.05, 4.69) is 40.0 Å². The molecule has 18 heavy (non-hydrogen) atoms. The van der Waals surface area contributed by atoms with E-state index in [0.29, 0.717) is 6.54 Å². The van der Waals surface area contributed by atoms with Crippen LogP contribution in [0.15, 0.2) is 22.7 Å². The lowest BCUT2D eigenvalue weighted by molar-refractivity contribution is 0.221. The van der Waals surface area contributed by atoms with Crippen LogP contribution in [0.1, 0.15) is 25.8 Å². The molecule has 1 fully saturated rings. The Bertz CT molecular complexity index is 420. The van der Waals surface area contributed by atoms with Gasteiger partial charge >= 0.3 is 0 Å². The molecule has 4 heteroatoms. The molecule has 0 radical (unpaired) electrons. The molecule has 1 N–H and O–H groups in total. The lowest BCUT2D eigenvalue weighted by atomic mass is 10.1. The Hall–Kier alpha value is -0.450. The van der Waals surface area contributed by atoms with E-state index in [4.69, 9.17) is 0 Å². The lowest BCUT2D eigenvalue weighted by Crippen LogP contribution is -2.46. The lowest BCUT2D eigenvalue weighted by Gasteiger charge is -2.30. The Morgan fingerprint density at radius 2 is 2.22 bits per heavy atom. The van der Waals surface area contributed by atoms with E-state index in [-0.39, 0.29) is 11.4 Å². The van der Waals surface area contributed by atoms with E-state index in [1.807, 2.05) is 6.07 Å². The highest BCUT2D eigenvalue weighted by Crippen LogP contribution is 2.19. The van der Waals surface area contributed by atoms with Crippen molar-refractivity contribution >= 4 is 15.9 Å². The van der Waals surface area contributed by atoms with E-state index in [1.165, 1.54) is 6.07 Å². The van der Waals surface area contributed by atoms with Gasteiger partial charge in [-0.2, -0.15) is 0 Å². The van der Waals surface area contributed by atoms with Gasteiger partial charge in [0, 0.05) is 28.7 Å². The highest BCUT2D eigenvalue weighted by Gasteiger charge is 2.24. The van der Waals surface area contributed by atoms with E-state index >= 15 is 0 Å². The van der Waals surface area contributed by atoms with Crippen molar-refractivity contribution in [2.75, 3.05) is 19.6 Å². The summed E-state index contributed by atoms with van der Waals surface area (Å²) < 4.78 is 14.7. The Labute approximate surface area is 117 Å². The van der Waals surface area contributed by atoms with Crippen LogP contribution in [0.4, 0.5) is 4.39 Å². The third kappa shape index (κ3) is 3.77. The molecule has 0 bridgehead atoms. The average molecular weight is 315 g/mol. The van der Waals surface area contributed by atoms with Crippen molar-refractivity contribution in [3.8, 4) is 0 Å². The van der Waals surface area contributed by atoms with Gasteiger partial charge < -0.3 is 5.32 Å². The molecule has 1 aromatic rings. The summed E-state index contributed by atoms with van der Waals surface area (Å²) in [6, 6.07) is 5.15. The van der Waals surface area contributed by atoms with Gasteiger partial charge in [-0.15, -0.1) is 0 Å². The number of nitrogens with one attached hydrogen (secondary N) is 1. The van der Waals surface area contributed by atoms with Gasteiger partial charge in [-0.1, -0.05) is 15.9 Å². The summed E-state index contributed by atoms with van der Waals surface area (Å²) in [7, 11) is 0. The van der Waals surface area contributed by atoms with Gasteiger partial charge in [-0.25, -0.2) is 4.39 Å². The summed E-state index contributed by atoms with van der Waals surface area (Å²) >= 11 is 3.40. The minimum Gasteiger partial charge on any atom is -0.310 e. The molecule has 1 heterocycles. The molecule has 0 atom stereocenters. The third-order valence-corrected chi connectivity index (χ3v) is 3.77. The molecule has 0 aliphatic carbocycles. The van der Waals surface area contributed by atoms with Crippen molar-refractivity contribution in [2.24, 2.45) is 0 Å². The molecule has 0 unspecified atom stereocenters. The van der Waals surface area contributed by atoms with Crippen LogP contribution in [0, 0.1) is 5.82 Å². The van der Waals surface area contributed by atoms with E-state index in [9.17, 15) is 4.39 Å². The first-order valence-corrected chi connectivity index (χ1v) is 7.17. The average Bonchev–Trinajstić information content (AvgIpc) is 2.44. The van der Waals surface area contributed by atoms with Gasteiger partial charge in [0.15, 0.2) is 0 Å². The number of hydrogen-bond acceptors (Lipinski definition) is 2. The van der Waals surface area contributed by atoms with Crippen LogP contribution in [0.25, 0.3) is 0 Å². The first-order chi connectivity index (χ1) is 8.46. The predicted molar refractivity (Wildman–Crippen MR) is 76.1 cm³/mol. The molecule has 0 saturated carbocycles. The van der Waals surface area contributed by atoms with Crippen LogP contribution >= 0.6 is 15.9 Å². The predicted octanol–water partition coefficient (Wildman–Crippen LogP) is 3.16. The maximum absolute atomic E-state index is 13.8. The van der Waals surface area contributed by atoms with Crippen molar-refractivity contribution in [2.45, 2.75) is 32.4 Å². The summed E-state index contributed by atoms with van der Waals surface area (Å²) in [5, 5.41) is 3.52. The zero-order valence-corrected chi connectivity index (χ0v) is 12.6. The van der Waals surface area contributed by atoms with Crippen LogP contribution in [0.3, 0.4) is 0 Å². The fourth-order valence-electron chi connectivity index (χ4n) is 2.46. The molecular weight excluding hydrogens is 295 g/mol. The maximum atomic E-state index is 13.8. The molecule has 2 nitrogen and oxygen atoms in total. The van der Waals surface area contributed by atoms with Gasteiger partial charge in [0.25, 0.3) is 0 Å². The monoisotopic (exact) mass is 314 g/mol. The maximum Gasteiger partial charge on any atom is 0.127 e. The molecule has 0 spiro atoms. The normalized spacial score (nSPS) is 20.7. The van der Waals surface area contributed by atoms with E-state index in [1.54, 1.807) is 6.07 Å². The third-order valence-electron chi connectivity index (χ3n) is 3.28. The number of hydrogen-bond donors (Lipinski definition) is 1. The van der Waals surface area contributed by atoms with Crippen LogP contribution in [0.5, 0.6) is 0 Å². The first-order valence-electron chi connectivity index (χ1n) is 6.38. The highest BCUT2D eigenvalue weighted by molar-refractivity contribution is 9.10. The second-order valence-corrected chi connectivity index (χ2v) is 6.53. The van der Waals surface area contributed by atoms with Crippen molar-refractivity contribution < 1.29 is 4.39 Å².